The maximum absolute atomic E-state index is 13.1. The zero-order valence-corrected chi connectivity index (χ0v) is 20.2. The quantitative estimate of drug-likeness (QED) is 0.193. The van der Waals surface area contributed by atoms with E-state index in [0.717, 1.165) is 20.8 Å². The highest BCUT2D eigenvalue weighted by molar-refractivity contribution is 7.80. The fourth-order valence-corrected chi connectivity index (χ4v) is 3.34. The van der Waals surface area contributed by atoms with Gasteiger partial charge in [0.15, 0.2) is 29.7 Å². The first-order chi connectivity index (χ1) is 16.5. The number of hydrogen-bond donors (Lipinski definition) is 3. The molecule has 1 heterocycles. The van der Waals surface area contributed by atoms with Gasteiger partial charge in [0.2, 0.25) is 0 Å². The predicted octanol–water partition coefficient (Wildman–Crippen LogP) is 0.700. The van der Waals surface area contributed by atoms with Gasteiger partial charge in [0, 0.05) is 27.7 Å². The van der Waals surface area contributed by atoms with Crippen LogP contribution in [0.1, 0.15) is 27.7 Å². The molecule has 35 heavy (non-hydrogen) atoms. The first kappa shape index (κ1) is 27.7. The molecule has 0 amide bonds. The number of carbonyl (C=O) groups excluding carboxylic acids is 4. The maximum Gasteiger partial charge on any atom is 0.303 e. The molecule has 3 N–H and O–H groups in total. The summed E-state index contributed by atoms with van der Waals surface area (Å²) in [6.45, 7) is 4.17. The summed E-state index contributed by atoms with van der Waals surface area (Å²) in [7, 11) is 0. The molecule has 2 rings (SSSR count). The van der Waals surface area contributed by atoms with Gasteiger partial charge in [-0.25, -0.2) is 4.39 Å². The summed E-state index contributed by atoms with van der Waals surface area (Å²) in [6, 6.07) is 5.39. The van der Waals surface area contributed by atoms with Crippen LogP contribution in [0.4, 0.5) is 10.1 Å². The van der Waals surface area contributed by atoms with Gasteiger partial charge in [-0.3, -0.25) is 30.0 Å². The Kier molecular flexibility index (Phi) is 10.1. The molecule has 192 valence electrons. The predicted molar refractivity (Wildman–Crippen MR) is 121 cm³/mol. The van der Waals surface area contributed by atoms with Crippen LogP contribution in [0.15, 0.2) is 24.3 Å². The van der Waals surface area contributed by atoms with Crippen molar-refractivity contribution in [3.63, 3.8) is 0 Å². The van der Waals surface area contributed by atoms with Gasteiger partial charge in [0.1, 0.15) is 18.5 Å². The van der Waals surface area contributed by atoms with Gasteiger partial charge in [-0.15, -0.1) is 0 Å². The van der Waals surface area contributed by atoms with Crippen LogP contribution < -0.4 is 16.2 Å². The highest BCUT2D eigenvalue weighted by atomic mass is 32.1. The van der Waals surface area contributed by atoms with Crippen LogP contribution >= 0.6 is 12.2 Å². The summed E-state index contributed by atoms with van der Waals surface area (Å²) in [5.74, 6) is -3.29. The van der Waals surface area contributed by atoms with Gasteiger partial charge in [0.05, 0.1) is 5.69 Å². The van der Waals surface area contributed by atoms with E-state index in [2.05, 4.69) is 16.2 Å². The van der Waals surface area contributed by atoms with Crippen molar-refractivity contribution in [3.8, 4) is 0 Å². The molecule has 5 atom stereocenters. The minimum absolute atomic E-state index is 0.0461. The van der Waals surface area contributed by atoms with Crippen molar-refractivity contribution < 1.29 is 47.3 Å². The number of carbonyl (C=O) groups is 4. The summed E-state index contributed by atoms with van der Waals surface area (Å²) < 4.78 is 39.9. The van der Waals surface area contributed by atoms with Crippen LogP contribution in [0.25, 0.3) is 0 Å². The van der Waals surface area contributed by atoms with Crippen LogP contribution in [-0.4, -0.2) is 66.2 Å². The van der Waals surface area contributed by atoms with Crippen molar-refractivity contribution >= 4 is 46.9 Å². The molecule has 12 nitrogen and oxygen atoms in total. The monoisotopic (exact) mass is 515 g/mol. The normalized spacial score (nSPS) is 23.3. The smallest absolute Gasteiger partial charge is 0.303 e. The molecular formula is C21H26FN3O9S. The SMILES string of the molecule is CC(=O)OC[C@H]1O[C@@H](NC(=S)NNc2ccc(F)cc2)[C@H](OC(C)=O)[C@@H](OC(C)=O)[C@@H]1OC(C)=O. The van der Waals surface area contributed by atoms with Gasteiger partial charge < -0.3 is 29.0 Å². The number of benzene rings is 1. The second kappa shape index (κ2) is 12.8. The minimum atomic E-state index is -1.33. The van der Waals surface area contributed by atoms with E-state index in [1.54, 1.807) is 0 Å². The Morgan fingerprint density at radius 3 is 1.97 bits per heavy atom. The van der Waals surface area contributed by atoms with E-state index in [-0.39, 0.29) is 11.7 Å². The Hall–Kier alpha value is -3.52. The summed E-state index contributed by atoms with van der Waals surface area (Å²) in [5.41, 5.74) is 5.87. The van der Waals surface area contributed by atoms with Crippen molar-refractivity contribution in [2.24, 2.45) is 0 Å². The number of halogens is 1. The highest BCUT2D eigenvalue weighted by Crippen LogP contribution is 2.28. The van der Waals surface area contributed by atoms with E-state index in [1.165, 1.54) is 31.2 Å². The third-order valence-corrected chi connectivity index (χ3v) is 4.65. The Morgan fingerprint density at radius 2 is 1.43 bits per heavy atom. The first-order valence-corrected chi connectivity index (χ1v) is 10.8. The van der Waals surface area contributed by atoms with Gasteiger partial charge in [0.25, 0.3) is 0 Å². The number of hydrogen-bond acceptors (Lipinski definition) is 11. The molecule has 1 fully saturated rings. The third kappa shape index (κ3) is 8.98. The number of nitrogens with one attached hydrogen (secondary N) is 3. The van der Waals surface area contributed by atoms with E-state index < -0.39 is 60.3 Å². The van der Waals surface area contributed by atoms with E-state index in [4.69, 9.17) is 35.9 Å². The average Bonchev–Trinajstić information content (AvgIpc) is 2.75. The Balaban J connectivity index is 2.28. The van der Waals surface area contributed by atoms with Gasteiger partial charge in [-0.05, 0) is 36.5 Å². The second-order valence-electron chi connectivity index (χ2n) is 7.35. The second-order valence-corrected chi connectivity index (χ2v) is 7.76. The van der Waals surface area contributed by atoms with E-state index in [0.29, 0.717) is 5.69 Å². The van der Waals surface area contributed by atoms with Crippen LogP contribution in [0.5, 0.6) is 0 Å². The van der Waals surface area contributed by atoms with Crippen LogP contribution in [-0.2, 0) is 42.9 Å². The zero-order valence-electron chi connectivity index (χ0n) is 19.4. The summed E-state index contributed by atoms with van der Waals surface area (Å²) >= 11 is 5.24. The highest BCUT2D eigenvalue weighted by Gasteiger charge is 2.52. The maximum atomic E-state index is 13.1. The lowest BCUT2D eigenvalue weighted by Gasteiger charge is -2.44. The largest absolute Gasteiger partial charge is 0.463 e. The van der Waals surface area contributed by atoms with Crippen molar-refractivity contribution in [3.05, 3.63) is 30.1 Å². The molecule has 0 aromatic heterocycles. The van der Waals surface area contributed by atoms with E-state index >= 15 is 0 Å². The Labute approximate surface area is 205 Å². The molecule has 0 unspecified atom stereocenters. The number of anilines is 1. The molecule has 0 bridgehead atoms. The molecule has 0 aliphatic carbocycles. The molecule has 1 aromatic rings. The lowest BCUT2D eigenvalue weighted by Crippen LogP contribution is -2.67. The molecule has 0 spiro atoms. The fraction of sp³-hybridized carbons (Fsp3) is 0.476. The van der Waals surface area contributed by atoms with Crippen molar-refractivity contribution in [2.45, 2.75) is 58.3 Å². The third-order valence-electron chi connectivity index (χ3n) is 4.43. The molecular weight excluding hydrogens is 489 g/mol. The number of ether oxygens (including phenoxy) is 5. The van der Waals surface area contributed by atoms with Crippen LogP contribution in [0, 0.1) is 5.82 Å². The summed E-state index contributed by atoms with van der Waals surface area (Å²) in [6.07, 6.45) is -6.29. The van der Waals surface area contributed by atoms with Crippen molar-refractivity contribution in [2.75, 3.05) is 12.0 Å². The topological polar surface area (TPSA) is 151 Å². The minimum Gasteiger partial charge on any atom is -0.463 e. The van der Waals surface area contributed by atoms with Gasteiger partial charge in [-0.1, -0.05) is 0 Å². The standard InChI is InChI=1S/C21H26FN3O9S/c1-10(26)30-9-16-17(31-11(2)27)18(32-12(3)28)19(33-13(4)29)20(34-16)23-21(35)25-24-15-7-5-14(22)6-8-15/h5-8,16-20,24H,9H2,1-4H3,(H2,23,25,35)/t16-,17-,18+,19-,20-/m1/s1. The lowest BCUT2D eigenvalue weighted by molar-refractivity contribution is -0.254. The van der Waals surface area contributed by atoms with Gasteiger partial charge >= 0.3 is 23.9 Å². The van der Waals surface area contributed by atoms with Gasteiger partial charge in [-0.2, -0.15) is 0 Å². The number of esters is 4. The Morgan fingerprint density at radius 1 is 0.886 bits per heavy atom. The van der Waals surface area contributed by atoms with E-state index in [1.807, 2.05) is 0 Å². The molecule has 1 aliphatic heterocycles. The molecule has 1 aromatic carbocycles. The molecule has 0 radical (unpaired) electrons. The number of rotatable bonds is 8. The summed E-state index contributed by atoms with van der Waals surface area (Å²) in [5, 5.41) is 2.72. The zero-order chi connectivity index (χ0) is 26.1. The molecule has 0 saturated carbocycles. The number of hydrazine groups is 1. The molecule has 14 heteroatoms. The molecule has 1 aliphatic rings. The van der Waals surface area contributed by atoms with Crippen LogP contribution in [0.2, 0.25) is 0 Å². The van der Waals surface area contributed by atoms with Crippen LogP contribution in [0.3, 0.4) is 0 Å². The molecule has 1 saturated heterocycles. The summed E-state index contributed by atoms with van der Waals surface area (Å²) in [4.78, 5) is 46.8. The first-order valence-electron chi connectivity index (χ1n) is 10.3. The fourth-order valence-electron chi connectivity index (χ4n) is 3.17. The Bertz CT molecular complexity index is 946. The van der Waals surface area contributed by atoms with Crippen molar-refractivity contribution in [1.82, 2.24) is 10.7 Å². The average molecular weight is 516 g/mol. The van der Waals surface area contributed by atoms with E-state index in [9.17, 15) is 23.6 Å². The van der Waals surface area contributed by atoms with Crippen molar-refractivity contribution in [1.29, 1.82) is 0 Å². The number of thiocarbonyl (C=S) groups is 1. The lowest BCUT2D eigenvalue weighted by atomic mass is 9.97.